The molecule has 28 heavy (non-hydrogen) atoms. The number of carboxylic acids is 1. The molecule has 0 radical (unpaired) electrons. The molecule has 2 amide bonds. The van der Waals surface area contributed by atoms with Crippen LogP contribution in [0, 0.1) is 0 Å². The van der Waals surface area contributed by atoms with E-state index >= 15 is 0 Å². The third kappa shape index (κ3) is 3.76. The summed E-state index contributed by atoms with van der Waals surface area (Å²) in [6.45, 7) is 0. The molecule has 0 unspecified atom stereocenters. The number of nitrogens with zero attached hydrogens (tertiary/aromatic N) is 1. The lowest BCUT2D eigenvalue weighted by Crippen LogP contribution is -2.30. The topological polar surface area (TPSA) is 118 Å². The van der Waals surface area contributed by atoms with Gasteiger partial charge in [-0.2, -0.15) is 0 Å². The van der Waals surface area contributed by atoms with Crippen molar-refractivity contribution in [1.29, 1.82) is 0 Å². The van der Waals surface area contributed by atoms with Crippen LogP contribution in [0.4, 0.5) is 15.5 Å². The van der Waals surface area contributed by atoms with Gasteiger partial charge in [-0.25, -0.2) is 14.4 Å². The Kier molecular flexibility index (Phi) is 5.23. The quantitative estimate of drug-likeness (QED) is 0.670. The lowest BCUT2D eigenvalue weighted by molar-refractivity contribution is 0.0692. The van der Waals surface area contributed by atoms with Crippen molar-refractivity contribution in [2.24, 2.45) is 0 Å². The molecule has 9 nitrogen and oxygen atoms in total. The number of hydrogen-bond acceptors (Lipinski definition) is 7. The minimum atomic E-state index is -1.37. The molecule has 146 valence electrons. The summed E-state index contributed by atoms with van der Waals surface area (Å²) in [5.74, 6) is -0.340. The summed E-state index contributed by atoms with van der Waals surface area (Å²) < 4.78 is 15.8. The smallest absolute Gasteiger partial charge is 0.351 e. The van der Waals surface area contributed by atoms with Crippen LogP contribution in [0.15, 0.2) is 39.5 Å². The minimum absolute atomic E-state index is 0.206. The van der Waals surface area contributed by atoms with Crippen LogP contribution in [-0.4, -0.2) is 38.4 Å². The summed E-state index contributed by atoms with van der Waals surface area (Å²) in [4.78, 5) is 36.7. The van der Waals surface area contributed by atoms with Crippen molar-refractivity contribution in [2.45, 2.75) is 0 Å². The van der Waals surface area contributed by atoms with Gasteiger partial charge in [0.15, 0.2) is 5.58 Å². The SMILES string of the molecule is COc1cc(NC(=O)N(C)c2cc3oc(=O)c(C(=O)O)cc3s2)cc(OC)c1. The van der Waals surface area contributed by atoms with E-state index in [9.17, 15) is 14.4 Å². The Morgan fingerprint density at radius 3 is 2.32 bits per heavy atom. The molecule has 0 saturated carbocycles. The molecule has 2 aromatic heterocycles. The first kappa shape index (κ1) is 19.2. The van der Waals surface area contributed by atoms with Gasteiger partial charge in [0.2, 0.25) is 0 Å². The van der Waals surface area contributed by atoms with Crippen molar-refractivity contribution in [3.05, 3.63) is 46.3 Å². The van der Waals surface area contributed by atoms with Crippen LogP contribution in [0.3, 0.4) is 0 Å². The second-order valence-electron chi connectivity index (χ2n) is 5.66. The zero-order chi connectivity index (χ0) is 20.4. The fraction of sp³-hybridized carbons (Fsp3) is 0.167. The van der Waals surface area contributed by atoms with Gasteiger partial charge in [0, 0.05) is 37.0 Å². The third-order valence-electron chi connectivity index (χ3n) is 3.88. The lowest BCUT2D eigenvalue weighted by atomic mass is 10.3. The van der Waals surface area contributed by atoms with Crippen molar-refractivity contribution in [3.8, 4) is 11.5 Å². The van der Waals surface area contributed by atoms with E-state index in [0.717, 1.165) is 11.3 Å². The van der Waals surface area contributed by atoms with E-state index in [0.29, 0.717) is 26.9 Å². The summed E-state index contributed by atoms with van der Waals surface area (Å²) in [6, 6.07) is 7.22. The molecule has 1 aromatic carbocycles. The van der Waals surface area contributed by atoms with Crippen LogP contribution >= 0.6 is 11.3 Å². The number of carboxylic acid groups (broad SMARTS) is 1. The van der Waals surface area contributed by atoms with Crippen molar-refractivity contribution >= 4 is 44.3 Å². The summed E-state index contributed by atoms with van der Waals surface area (Å²) in [5.41, 5.74) is -0.733. The van der Waals surface area contributed by atoms with Crippen molar-refractivity contribution in [3.63, 3.8) is 0 Å². The second kappa shape index (κ2) is 7.61. The van der Waals surface area contributed by atoms with Crippen LogP contribution < -0.4 is 25.3 Å². The van der Waals surface area contributed by atoms with Crippen LogP contribution in [0.5, 0.6) is 11.5 Å². The number of urea groups is 1. The maximum Gasteiger partial charge on any atom is 0.351 e. The molecule has 0 aliphatic carbocycles. The molecule has 0 bridgehead atoms. The average Bonchev–Trinajstić information content (AvgIpc) is 3.08. The Hall–Kier alpha value is -3.53. The molecule has 2 heterocycles. The molecule has 0 saturated heterocycles. The van der Waals surface area contributed by atoms with Gasteiger partial charge < -0.3 is 24.3 Å². The normalized spacial score (nSPS) is 10.5. The molecule has 0 aliphatic heterocycles. The highest BCUT2D eigenvalue weighted by atomic mass is 32.1. The first-order valence-electron chi connectivity index (χ1n) is 7.91. The number of thiophene rings is 1. The first-order valence-corrected chi connectivity index (χ1v) is 8.72. The molecule has 0 spiro atoms. The summed E-state index contributed by atoms with van der Waals surface area (Å²) in [7, 11) is 4.54. The van der Waals surface area contributed by atoms with Crippen LogP contribution in [0.1, 0.15) is 10.4 Å². The number of rotatable bonds is 5. The van der Waals surface area contributed by atoms with E-state index in [2.05, 4.69) is 5.32 Å². The average molecular weight is 404 g/mol. The van der Waals surface area contributed by atoms with Gasteiger partial charge in [-0.15, -0.1) is 11.3 Å². The van der Waals surface area contributed by atoms with Crippen LogP contribution in [-0.2, 0) is 0 Å². The minimum Gasteiger partial charge on any atom is -0.497 e. The molecule has 2 N–H and O–H groups in total. The largest absolute Gasteiger partial charge is 0.497 e. The number of ether oxygens (including phenoxy) is 2. The number of carbonyl (C=O) groups excluding carboxylic acids is 1. The van der Waals surface area contributed by atoms with Crippen molar-refractivity contribution in [2.75, 3.05) is 31.5 Å². The second-order valence-corrected chi connectivity index (χ2v) is 6.72. The number of carbonyl (C=O) groups is 2. The van der Waals surface area contributed by atoms with Gasteiger partial charge >= 0.3 is 17.6 Å². The Labute approximate surface area is 162 Å². The standard InChI is InChI=1S/C18H16N2O7S/c1-20(18(24)19-9-4-10(25-2)6-11(5-9)26-3)15-8-13-14(28-15)7-12(16(21)22)17(23)27-13/h4-8H,1-3H3,(H,19,24)(H,21,22). The number of anilines is 2. The van der Waals surface area contributed by atoms with Crippen molar-refractivity contribution in [1.82, 2.24) is 0 Å². The molecular formula is C18H16N2O7S. The number of aromatic carboxylic acids is 1. The van der Waals surface area contributed by atoms with Gasteiger partial charge in [-0.3, -0.25) is 4.90 Å². The Morgan fingerprint density at radius 2 is 1.75 bits per heavy atom. The highest BCUT2D eigenvalue weighted by Gasteiger charge is 2.18. The zero-order valence-corrected chi connectivity index (χ0v) is 16.0. The molecular weight excluding hydrogens is 388 g/mol. The number of methoxy groups -OCH3 is 2. The van der Waals surface area contributed by atoms with Crippen LogP contribution in [0.2, 0.25) is 0 Å². The zero-order valence-electron chi connectivity index (χ0n) is 15.1. The monoisotopic (exact) mass is 404 g/mol. The molecule has 3 aromatic rings. The molecule has 0 atom stereocenters. The molecule has 10 heteroatoms. The molecule has 0 fully saturated rings. The van der Waals surface area contributed by atoms with E-state index in [-0.39, 0.29) is 5.58 Å². The lowest BCUT2D eigenvalue weighted by Gasteiger charge is -2.16. The molecule has 3 rings (SSSR count). The van der Waals surface area contributed by atoms with Gasteiger partial charge in [-0.1, -0.05) is 0 Å². The van der Waals surface area contributed by atoms with Gasteiger partial charge in [0.05, 0.1) is 18.9 Å². The fourth-order valence-corrected chi connectivity index (χ4v) is 3.39. The van der Waals surface area contributed by atoms with E-state index in [1.165, 1.54) is 38.3 Å². The van der Waals surface area contributed by atoms with E-state index in [4.69, 9.17) is 19.0 Å². The summed E-state index contributed by atoms with van der Waals surface area (Å²) >= 11 is 1.12. The highest BCUT2D eigenvalue weighted by Crippen LogP contribution is 2.32. The van der Waals surface area contributed by atoms with Crippen molar-refractivity contribution < 1.29 is 28.6 Å². The number of benzene rings is 1. The van der Waals surface area contributed by atoms with Gasteiger partial charge in [-0.05, 0) is 6.07 Å². The Morgan fingerprint density at radius 1 is 1.11 bits per heavy atom. The first-order chi connectivity index (χ1) is 13.3. The van der Waals surface area contributed by atoms with E-state index < -0.39 is 23.2 Å². The number of fused-ring (bicyclic) bond motifs is 1. The number of hydrogen-bond donors (Lipinski definition) is 2. The predicted molar refractivity (Wildman–Crippen MR) is 104 cm³/mol. The Bertz CT molecular complexity index is 1100. The maximum absolute atomic E-state index is 12.6. The predicted octanol–water partition coefficient (Wildman–Crippen LogP) is 3.24. The number of nitrogens with one attached hydrogen (secondary N) is 1. The highest BCUT2D eigenvalue weighted by molar-refractivity contribution is 7.22. The third-order valence-corrected chi connectivity index (χ3v) is 5.02. The summed E-state index contributed by atoms with van der Waals surface area (Å²) in [5, 5.41) is 12.2. The van der Waals surface area contributed by atoms with E-state index in [1.807, 2.05) is 0 Å². The number of amides is 2. The molecule has 0 aliphatic rings. The van der Waals surface area contributed by atoms with Gasteiger partial charge in [0.25, 0.3) is 0 Å². The van der Waals surface area contributed by atoms with E-state index in [1.54, 1.807) is 18.2 Å². The fourth-order valence-electron chi connectivity index (χ4n) is 2.40. The summed E-state index contributed by atoms with van der Waals surface area (Å²) in [6.07, 6.45) is 0. The Balaban J connectivity index is 1.87. The van der Waals surface area contributed by atoms with Gasteiger partial charge in [0.1, 0.15) is 22.1 Å². The van der Waals surface area contributed by atoms with Crippen LogP contribution in [0.25, 0.3) is 10.3 Å². The maximum atomic E-state index is 12.6.